The summed E-state index contributed by atoms with van der Waals surface area (Å²) in [7, 11) is 0. The maximum Gasteiger partial charge on any atom is 0.217 e. The molecule has 0 radical (unpaired) electrons. The van der Waals surface area contributed by atoms with Crippen LogP contribution in [0.1, 0.15) is 96.6 Å². The van der Waals surface area contributed by atoms with E-state index in [2.05, 4.69) is 56.6 Å². The maximum absolute atomic E-state index is 13.2. The summed E-state index contributed by atoms with van der Waals surface area (Å²) in [5, 5.41) is 2.97. The first-order valence-electron chi connectivity index (χ1n) is 11.6. The summed E-state index contributed by atoms with van der Waals surface area (Å²) in [5.41, 5.74) is 2.88. The van der Waals surface area contributed by atoms with Crippen LogP contribution in [0.25, 0.3) is 5.57 Å². The summed E-state index contributed by atoms with van der Waals surface area (Å²) < 4.78 is 0. The number of unbranched alkanes of at least 4 members (excludes halogenated alkanes) is 3. The van der Waals surface area contributed by atoms with E-state index >= 15 is 0 Å². The van der Waals surface area contributed by atoms with Gasteiger partial charge in [0.25, 0.3) is 0 Å². The van der Waals surface area contributed by atoms with Gasteiger partial charge in [-0.2, -0.15) is 0 Å². The van der Waals surface area contributed by atoms with E-state index in [0.29, 0.717) is 19.3 Å². The number of hydrogen-bond acceptors (Lipinski definition) is 2. The molecule has 3 heteroatoms. The van der Waals surface area contributed by atoms with Gasteiger partial charge in [0.2, 0.25) is 5.91 Å². The Morgan fingerprint density at radius 1 is 0.900 bits per heavy atom. The minimum absolute atomic E-state index is 0.0207. The van der Waals surface area contributed by atoms with Crippen LogP contribution in [0.2, 0.25) is 0 Å². The number of aryl methyl sites for hydroxylation is 1. The van der Waals surface area contributed by atoms with Gasteiger partial charge in [-0.1, -0.05) is 83.9 Å². The van der Waals surface area contributed by atoms with E-state index in [1.165, 1.54) is 38.2 Å². The monoisotopic (exact) mass is 411 g/mol. The van der Waals surface area contributed by atoms with Gasteiger partial charge in [-0.15, -0.1) is 0 Å². The van der Waals surface area contributed by atoms with Crippen molar-refractivity contribution in [2.24, 2.45) is 0 Å². The van der Waals surface area contributed by atoms with Gasteiger partial charge in [0, 0.05) is 19.8 Å². The summed E-state index contributed by atoms with van der Waals surface area (Å²) in [6.45, 7) is 16.2. The largest absolute Gasteiger partial charge is 0.340 e. The molecule has 0 aromatic heterocycles. The van der Waals surface area contributed by atoms with Crippen molar-refractivity contribution in [1.29, 1.82) is 0 Å². The molecular formula is C27H41NO2. The first-order chi connectivity index (χ1) is 14.3. The third-order valence-corrected chi connectivity index (χ3v) is 5.66. The first kappa shape index (κ1) is 25.9. The lowest BCUT2D eigenvalue weighted by atomic mass is 9.76. The summed E-state index contributed by atoms with van der Waals surface area (Å²) in [5.74, 6) is -0.195. The minimum Gasteiger partial charge on any atom is -0.340 e. The smallest absolute Gasteiger partial charge is 0.217 e. The van der Waals surface area contributed by atoms with Crippen molar-refractivity contribution in [1.82, 2.24) is 5.32 Å². The highest BCUT2D eigenvalue weighted by Gasteiger charge is 2.41. The Morgan fingerprint density at radius 2 is 1.53 bits per heavy atom. The zero-order chi connectivity index (χ0) is 22.6. The molecule has 1 unspecified atom stereocenters. The Balaban J connectivity index is 3.06. The fourth-order valence-electron chi connectivity index (χ4n) is 3.96. The molecule has 0 saturated heterocycles. The zero-order valence-electron chi connectivity index (χ0n) is 19.6. The number of benzene rings is 1. The standard InChI is InChI=1S/C27H41NO2/c1-7-10-11-12-15-24-16-18-25(19-17-24)21(4)20-27(28-23(6)29,22(5)13-8-2)26(30)14-9-3/h16-19H,4-5,7-15,20H2,1-3,6H3,(H,28,29). The Labute approximate surface area is 184 Å². The van der Waals surface area contributed by atoms with Gasteiger partial charge in [-0.05, 0) is 48.0 Å². The number of amides is 1. The van der Waals surface area contributed by atoms with Gasteiger partial charge >= 0.3 is 0 Å². The van der Waals surface area contributed by atoms with Gasteiger partial charge in [-0.25, -0.2) is 0 Å². The van der Waals surface area contributed by atoms with Crippen LogP contribution in [0.5, 0.6) is 0 Å². The Bertz CT molecular complexity index is 697. The van der Waals surface area contributed by atoms with Gasteiger partial charge in [-0.3, -0.25) is 9.59 Å². The normalized spacial score (nSPS) is 12.8. The first-order valence-corrected chi connectivity index (χ1v) is 11.6. The molecular weight excluding hydrogens is 370 g/mol. The van der Waals surface area contributed by atoms with Gasteiger partial charge in [0.05, 0.1) is 0 Å². The molecule has 0 saturated carbocycles. The van der Waals surface area contributed by atoms with Crippen LogP contribution in [0.4, 0.5) is 0 Å². The van der Waals surface area contributed by atoms with E-state index in [-0.39, 0.29) is 11.7 Å². The Hall–Kier alpha value is -2.16. The lowest BCUT2D eigenvalue weighted by molar-refractivity contribution is -0.129. The van der Waals surface area contributed by atoms with Gasteiger partial charge in [0.15, 0.2) is 5.78 Å². The van der Waals surface area contributed by atoms with E-state index < -0.39 is 5.54 Å². The van der Waals surface area contributed by atoms with Crippen LogP contribution in [0, 0.1) is 0 Å². The molecule has 1 aromatic carbocycles. The number of rotatable bonds is 15. The van der Waals surface area contributed by atoms with Crippen LogP contribution in [-0.4, -0.2) is 17.2 Å². The van der Waals surface area contributed by atoms with E-state index in [0.717, 1.165) is 36.0 Å². The van der Waals surface area contributed by atoms with Crippen molar-refractivity contribution in [3.8, 4) is 0 Å². The molecule has 0 aliphatic rings. The molecule has 1 atom stereocenters. The van der Waals surface area contributed by atoms with Crippen molar-refractivity contribution in [3.05, 3.63) is 54.1 Å². The lowest BCUT2D eigenvalue weighted by Crippen LogP contribution is -2.55. The highest BCUT2D eigenvalue weighted by molar-refractivity contribution is 5.97. The van der Waals surface area contributed by atoms with Gasteiger partial charge in [0.1, 0.15) is 5.54 Å². The molecule has 1 aromatic rings. The van der Waals surface area contributed by atoms with E-state index in [1.54, 1.807) is 0 Å². The highest BCUT2D eigenvalue weighted by atomic mass is 16.2. The summed E-state index contributed by atoms with van der Waals surface area (Å²) >= 11 is 0. The number of hydrogen-bond donors (Lipinski definition) is 1. The van der Waals surface area contributed by atoms with E-state index in [4.69, 9.17) is 0 Å². The van der Waals surface area contributed by atoms with Crippen LogP contribution < -0.4 is 5.32 Å². The minimum atomic E-state index is -1.08. The van der Waals surface area contributed by atoms with Gasteiger partial charge < -0.3 is 5.32 Å². The molecule has 0 fully saturated rings. The molecule has 0 spiro atoms. The van der Waals surface area contributed by atoms with E-state index in [9.17, 15) is 9.59 Å². The number of nitrogens with one attached hydrogen (secondary N) is 1. The van der Waals surface area contributed by atoms with Crippen LogP contribution in [0.3, 0.4) is 0 Å². The highest BCUT2D eigenvalue weighted by Crippen LogP contribution is 2.33. The molecule has 1 rings (SSSR count). The van der Waals surface area contributed by atoms with Crippen LogP contribution in [0.15, 0.2) is 43.0 Å². The fourth-order valence-corrected chi connectivity index (χ4v) is 3.96. The SMILES string of the molecule is C=C(CC(NC(C)=O)(C(=C)CCC)C(=O)CCC)c1ccc(CCCCCC)cc1. The van der Waals surface area contributed by atoms with Crippen LogP contribution in [-0.2, 0) is 16.0 Å². The third kappa shape index (κ3) is 7.59. The van der Waals surface area contributed by atoms with Crippen molar-refractivity contribution >= 4 is 17.3 Å². The predicted molar refractivity (Wildman–Crippen MR) is 128 cm³/mol. The molecule has 0 heterocycles. The van der Waals surface area contributed by atoms with Crippen molar-refractivity contribution < 1.29 is 9.59 Å². The Kier molecular flexibility index (Phi) is 11.4. The average molecular weight is 412 g/mol. The molecule has 3 nitrogen and oxygen atoms in total. The topological polar surface area (TPSA) is 46.2 Å². The molecule has 1 amide bonds. The summed E-state index contributed by atoms with van der Waals surface area (Å²) in [4.78, 5) is 25.2. The van der Waals surface area contributed by atoms with Crippen molar-refractivity contribution in [2.45, 2.75) is 97.4 Å². The number of Topliss-reactive ketones (excluding diaryl/α,β-unsaturated/α-hetero) is 1. The number of carbonyl (C=O) groups is 2. The molecule has 0 aliphatic heterocycles. The third-order valence-electron chi connectivity index (χ3n) is 5.66. The van der Waals surface area contributed by atoms with E-state index in [1.807, 2.05) is 6.92 Å². The maximum atomic E-state index is 13.2. The second-order valence-electron chi connectivity index (χ2n) is 8.40. The molecule has 30 heavy (non-hydrogen) atoms. The predicted octanol–water partition coefficient (Wildman–Crippen LogP) is 6.81. The average Bonchev–Trinajstić information content (AvgIpc) is 2.71. The quantitative estimate of drug-likeness (QED) is 0.254. The molecule has 1 N–H and O–H groups in total. The molecule has 0 aliphatic carbocycles. The second-order valence-corrected chi connectivity index (χ2v) is 8.40. The summed E-state index contributed by atoms with van der Waals surface area (Å²) in [6.07, 6.45) is 9.17. The lowest BCUT2D eigenvalue weighted by Gasteiger charge is -2.36. The fraction of sp³-hybridized carbons (Fsp3) is 0.556. The second kappa shape index (κ2) is 13.2. The zero-order valence-corrected chi connectivity index (χ0v) is 19.6. The molecule has 166 valence electrons. The van der Waals surface area contributed by atoms with Crippen molar-refractivity contribution in [3.63, 3.8) is 0 Å². The summed E-state index contributed by atoms with van der Waals surface area (Å²) in [6, 6.07) is 8.48. The number of carbonyl (C=O) groups excluding carboxylic acids is 2. The molecule has 0 bridgehead atoms. The number of ketones is 1. The van der Waals surface area contributed by atoms with Crippen LogP contribution >= 0.6 is 0 Å². The van der Waals surface area contributed by atoms with Crippen molar-refractivity contribution in [2.75, 3.05) is 0 Å². The Morgan fingerprint density at radius 3 is 2.07 bits per heavy atom.